The lowest BCUT2D eigenvalue weighted by molar-refractivity contribution is 0.660. The number of allylic oxidation sites excluding steroid dienone is 5. The maximum Gasteiger partial charge on any atom is 0.0714 e. The van der Waals surface area contributed by atoms with Crippen molar-refractivity contribution in [1.82, 2.24) is 0 Å². The first kappa shape index (κ1) is 34.1. The molecule has 0 atom stereocenters. The summed E-state index contributed by atoms with van der Waals surface area (Å²) < 4.78 is 0. The average molecular weight is 720 g/mol. The molecule has 0 saturated carbocycles. The number of rotatable bonds is 6. The van der Waals surface area contributed by atoms with E-state index in [0.29, 0.717) is 0 Å². The van der Waals surface area contributed by atoms with Crippen LogP contribution in [0.2, 0.25) is 0 Å². The molecule has 3 aliphatic carbocycles. The minimum atomic E-state index is -0.500. The molecule has 270 valence electrons. The first-order valence-electron chi connectivity index (χ1n) is 19.9. The number of fused-ring (bicyclic) bond motifs is 6. The maximum atomic E-state index is 2.55. The predicted octanol–water partition coefficient (Wildman–Crippen LogP) is 14.1. The highest BCUT2D eigenvalue weighted by molar-refractivity contribution is 5.94. The van der Waals surface area contributed by atoms with E-state index in [0.717, 1.165) is 17.8 Å². The Labute approximate surface area is 331 Å². The van der Waals surface area contributed by atoms with Crippen molar-refractivity contribution in [2.24, 2.45) is 0 Å². The van der Waals surface area contributed by atoms with Crippen LogP contribution in [0.4, 0.5) is 11.4 Å². The fourth-order valence-corrected chi connectivity index (χ4v) is 10.0. The van der Waals surface area contributed by atoms with Crippen LogP contribution in [0.3, 0.4) is 0 Å². The quantitative estimate of drug-likeness (QED) is 0.165. The Hall–Kier alpha value is -6.44. The van der Waals surface area contributed by atoms with Gasteiger partial charge in [0.15, 0.2) is 0 Å². The third-order valence-electron chi connectivity index (χ3n) is 12.7. The van der Waals surface area contributed by atoms with Crippen molar-refractivity contribution in [3.63, 3.8) is 0 Å². The second-order valence-corrected chi connectivity index (χ2v) is 16.1. The van der Waals surface area contributed by atoms with Crippen molar-refractivity contribution in [2.75, 3.05) is 4.90 Å². The van der Waals surface area contributed by atoms with Gasteiger partial charge in [-0.25, -0.2) is 0 Å². The first-order chi connectivity index (χ1) is 27.4. The standard InChI is InChI=1S/C55H45N/c1-37-19-11-13-25-43(37)53-38(2)20-12-18-30-52(53)56(41-31-33-46-44-26-14-16-28-48(44)54(3,4)50(46)35-41)42-32-34-47-45-27-15-17-29-49(45)55(51(47)36-42,39-21-7-5-8-22-39)40-23-9-6-10-24-40/h5-19,21-36H,20H2,1-4H3. The molecule has 3 aliphatic rings. The smallest absolute Gasteiger partial charge is 0.0714 e. The van der Waals surface area contributed by atoms with Gasteiger partial charge in [0.2, 0.25) is 0 Å². The topological polar surface area (TPSA) is 3.24 Å². The number of hydrogen-bond donors (Lipinski definition) is 0. The fraction of sp³-hybridized carbons (Fsp3) is 0.127. The summed E-state index contributed by atoms with van der Waals surface area (Å²) in [4.78, 5) is 2.55. The zero-order valence-corrected chi connectivity index (χ0v) is 32.6. The molecule has 1 heteroatoms. The van der Waals surface area contributed by atoms with Crippen LogP contribution in [0, 0.1) is 6.92 Å². The molecule has 0 amide bonds. The molecule has 10 rings (SSSR count). The second-order valence-electron chi connectivity index (χ2n) is 16.1. The van der Waals surface area contributed by atoms with Crippen molar-refractivity contribution in [3.05, 3.63) is 244 Å². The zero-order chi connectivity index (χ0) is 38.0. The molecule has 0 saturated heterocycles. The SMILES string of the molecule is CC1=C(c2ccccc2C)C(N(c2ccc3c(c2)C(C)(C)c2ccccc2-3)c2ccc3c(c2)C(c2ccccc2)(c2ccccc2)c2ccccc2-3)=CC=CC1. The Morgan fingerprint density at radius 2 is 0.964 bits per heavy atom. The van der Waals surface area contributed by atoms with Gasteiger partial charge >= 0.3 is 0 Å². The van der Waals surface area contributed by atoms with Crippen molar-refractivity contribution in [3.8, 4) is 22.3 Å². The molecule has 56 heavy (non-hydrogen) atoms. The Morgan fingerprint density at radius 1 is 0.464 bits per heavy atom. The molecule has 0 spiro atoms. The number of nitrogens with zero attached hydrogens (tertiary/aromatic N) is 1. The highest BCUT2D eigenvalue weighted by atomic mass is 15.2. The summed E-state index contributed by atoms with van der Waals surface area (Å²) in [6.07, 6.45) is 7.80. The maximum absolute atomic E-state index is 2.55. The molecule has 0 N–H and O–H groups in total. The minimum absolute atomic E-state index is 0.134. The minimum Gasteiger partial charge on any atom is -0.310 e. The van der Waals surface area contributed by atoms with Crippen molar-refractivity contribution in [1.29, 1.82) is 0 Å². The molecule has 0 radical (unpaired) electrons. The lowest BCUT2D eigenvalue weighted by atomic mass is 9.67. The normalized spacial score (nSPS) is 15.7. The third-order valence-corrected chi connectivity index (χ3v) is 12.7. The molecule has 0 fully saturated rings. The monoisotopic (exact) mass is 719 g/mol. The van der Waals surface area contributed by atoms with Crippen molar-refractivity contribution in [2.45, 2.75) is 44.9 Å². The molecule has 0 unspecified atom stereocenters. The van der Waals surface area contributed by atoms with Crippen LogP contribution in [-0.2, 0) is 10.8 Å². The molecular formula is C55H45N. The lowest BCUT2D eigenvalue weighted by Crippen LogP contribution is -2.29. The van der Waals surface area contributed by atoms with Crippen LogP contribution in [0.15, 0.2) is 199 Å². The molecule has 7 aromatic carbocycles. The van der Waals surface area contributed by atoms with Crippen LogP contribution in [0.25, 0.3) is 27.8 Å². The van der Waals surface area contributed by atoms with Gasteiger partial charge in [-0.15, -0.1) is 0 Å². The van der Waals surface area contributed by atoms with Gasteiger partial charge in [0.1, 0.15) is 0 Å². The molecular weight excluding hydrogens is 675 g/mol. The van der Waals surface area contributed by atoms with Crippen molar-refractivity contribution < 1.29 is 0 Å². The summed E-state index contributed by atoms with van der Waals surface area (Å²) >= 11 is 0. The second kappa shape index (κ2) is 13.1. The summed E-state index contributed by atoms with van der Waals surface area (Å²) in [6.45, 7) is 9.30. The number of benzene rings is 7. The van der Waals surface area contributed by atoms with E-state index < -0.39 is 5.41 Å². The van der Waals surface area contributed by atoms with Gasteiger partial charge in [-0.2, -0.15) is 0 Å². The lowest BCUT2D eigenvalue weighted by Gasteiger charge is -2.36. The van der Waals surface area contributed by atoms with Crippen LogP contribution in [0.1, 0.15) is 71.7 Å². The Bertz CT molecular complexity index is 2720. The van der Waals surface area contributed by atoms with E-state index in [1.165, 1.54) is 83.6 Å². The van der Waals surface area contributed by atoms with E-state index in [1.54, 1.807) is 0 Å². The van der Waals surface area contributed by atoms with Gasteiger partial charge in [-0.3, -0.25) is 0 Å². The zero-order valence-electron chi connectivity index (χ0n) is 32.6. The molecule has 0 heterocycles. The van der Waals surface area contributed by atoms with E-state index >= 15 is 0 Å². The van der Waals surface area contributed by atoms with E-state index in [4.69, 9.17) is 0 Å². The Balaban J connectivity index is 1.27. The molecule has 0 bridgehead atoms. The molecule has 7 aromatic rings. The average Bonchev–Trinajstić information content (AvgIpc) is 3.56. The van der Waals surface area contributed by atoms with Gasteiger partial charge in [-0.05, 0) is 117 Å². The molecule has 0 aliphatic heterocycles. The van der Waals surface area contributed by atoms with Gasteiger partial charge in [0.05, 0.1) is 11.1 Å². The van der Waals surface area contributed by atoms with E-state index in [2.05, 4.69) is 221 Å². The van der Waals surface area contributed by atoms with Crippen LogP contribution >= 0.6 is 0 Å². The molecule has 1 nitrogen and oxygen atoms in total. The summed E-state index contributed by atoms with van der Waals surface area (Å²) in [5.74, 6) is 0. The Kier molecular flexibility index (Phi) is 7.97. The summed E-state index contributed by atoms with van der Waals surface area (Å²) in [7, 11) is 0. The van der Waals surface area contributed by atoms with Gasteiger partial charge in [0.25, 0.3) is 0 Å². The largest absolute Gasteiger partial charge is 0.310 e. The number of hydrogen-bond acceptors (Lipinski definition) is 1. The van der Waals surface area contributed by atoms with Gasteiger partial charge < -0.3 is 4.90 Å². The van der Waals surface area contributed by atoms with Gasteiger partial charge in [0, 0.05) is 22.4 Å². The molecule has 0 aromatic heterocycles. The fourth-order valence-electron chi connectivity index (χ4n) is 10.0. The third kappa shape index (κ3) is 5.00. The Morgan fingerprint density at radius 3 is 1.61 bits per heavy atom. The van der Waals surface area contributed by atoms with Crippen LogP contribution in [-0.4, -0.2) is 0 Å². The van der Waals surface area contributed by atoms with Gasteiger partial charge in [-0.1, -0.05) is 177 Å². The predicted molar refractivity (Wildman–Crippen MR) is 236 cm³/mol. The summed E-state index contributed by atoms with van der Waals surface area (Å²) in [5, 5.41) is 0. The van der Waals surface area contributed by atoms with E-state index in [-0.39, 0.29) is 5.41 Å². The highest BCUT2D eigenvalue weighted by Gasteiger charge is 2.46. The van der Waals surface area contributed by atoms with Crippen molar-refractivity contribution >= 4 is 16.9 Å². The van der Waals surface area contributed by atoms with E-state index in [1.807, 2.05) is 0 Å². The van der Waals surface area contributed by atoms with Crippen LogP contribution < -0.4 is 4.90 Å². The van der Waals surface area contributed by atoms with Crippen LogP contribution in [0.5, 0.6) is 0 Å². The summed E-state index contributed by atoms with van der Waals surface area (Å²) in [5.41, 5.74) is 21.2. The number of aryl methyl sites for hydroxylation is 1. The summed E-state index contributed by atoms with van der Waals surface area (Å²) in [6, 6.07) is 63.5. The van der Waals surface area contributed by atoms with E-state index in [9.17, 15) is 0 Å². The first-order valence-corrected chi connectivity index (χ1v) is 19.9. The number of anilines is 2. The highest BCUT2D eigenvalue weighted by Crippen LogP contribution is 2.58.